The third-order valence-electron chi connectivity index (χ3n) is 3.43. The summed E-state index contributed by atoms with van der Waals surface area (Å²) >= 11 is 2.04. The predicted octanol–water partition coefficient (Wildman–Crippen LogP) is 2.13. The molecule has 0 spiro atoms. The lowest BCUT2D eigenvalue weighted by Crippen LogP contribution is -2.42. The first-order chi connectivity index (χ1) is 8.76. The zero-order valence-electron chi connectivity index (χ0n) is 11.1. The highest BCUT2D eigenvalue weighted by Crippen LogP contribution is 2.31. The molecule has 100 valence electrons. The Morgan fingerprint density at radius 2 is 2.28 bits per heavy atom. The molecule has 1 saturated heterocycles. The van der Waals surface area contributed by atoms with Gasteiger partial charge in [-0.3, -0.25) is 4.90 Å². The summed E-state index contributed by atoms with van der Waals surface area (Å²) in [5.41, 5.74) is 7.21. The molecule has 0 amide bonds. The van der Waals surface area contributed by atoms with Crippen molar-refractivity contribution in [2.24, 2.45) is 5.73 Å². The maximum atomic E-state index is 6.00. The van der Waals surface area contributed by atoms with E-state index in [1.807, 2.05) is 23.9 Å². The lowest BCUT2D eigenvalue weighted by molar-refractivity contribution is 0.207. The van der Waals surface area contributed by atoms with Crippen molar-refractivity contribution in [3.8, 4) is 5.75 Å². The second-order valence-corrected chi connectivity index (χ2v) is 6.22. The summed E-state index contributed by atoms with van der Waals surface area (Å²) in [5.74, 6) is 2.13. The lowest BCUT2D eigenvalue weighted by Gasteiger charge is -2.37. The van der Waals surface area contributed by atoms with Gasteiger partial charge >= 0.3 is 0 Å². The number of ether oxygens (including phenoxy) is 1. The molecule has 1 heterocycles. The average molecular weight is 266 g/mol. The number of para-hydroxylation sites is 1. The fraction of sp³-hybridized carbons (Fsp3) is 0.571. The minimum Gasteiger partial charge on any atom is -0.496 e. The van der Waals surface area contributed by atoms with Crippen LogP contribution < -0.4 is 10.5 Å². The molecule has 4 heteroatoms. The van der Waals surface area contributed by atoms with Crippen LogP contribution in [0.15, 0.2) is 24.3 Å². The van der Waals surface area contributed by atoms with E-state index in [1.54, 1.807) is 7.11 Å². The van der Waals surface area contributed by atoms with E-state index >= 15 is 0 Å². The quantitative estimate of drug-likeness (QED) is 0.906. The van der Waals surface area contributed by atoms with Crippen LogP contribution in [0.25, 0.3) is 0 Å². The molecule has 2 atom stereocenters. The maximum Gasteiger partial charge on any atom is 0.123 e. The van der Waals surface area contributed by atoms with Crippen molar-refractivity contribution in [1.29, 1.82) is 0 Å². The number of nitrogens with zero attached hydrogens (tertiary/aromatic N) is 1. The molecule has 0 bridgehead atoms. The van der Waals surface area contributed by atoms with Gasteiger partial charge in [0.15, 0.2) is 0 Å². The highest BCUT2D eigenvalue weighted by Gasteiger charge is 2.26. The second-order valence-electron chi connectivity index (χ2n) is 4.67. The summed E-state index contributed by atoms with van der Waals surface area (Å²) in [4.78, 5) is 2.49. The van der Waals surface area contributed by atoms with E-state index in [0.717, 1.165) is 18.8 Å². The van der Waals surface area contributed by atoms with Gasteiger partial charge in [0, 0.05) is 36.2 Å². The summed E-state index contributed by atoms with van der Waals surface area (Å²) in [7, 11) is 1.72. The molecule has 3 nitrogen and oxygen atoms in total. The van der Waals surface area contributed by atoms with E-state index in [0.29, 0.717) is 11.8 Å². The molecule has 2 rings (SSSR count). The molecule has 1 aliphatic heterocycles. The number of thioether (sulfide) groups is 1. The lowest BCUT2D eigenvalue weighted by atomic mass is 10.0. The van der Waals surface area contributed by atoms with Crippen molar-refractivity contribution in [2.75, 3.05) is 32.5 Å². The number of rotatable bonds is 4. The maximum absolute atomic E-state index is 6.00. The van der Waals surface area contributed by atoms with Crippen LogP contribution in [0.3, 0.4) is 0 Å². The van der Waals surface area contributed by atoms with E-state index in [9.17, 15) is 0 Å². The number of methoxy groups -OCH3 is 1. The minimum absolute atomic E-state index is 0.268. The largest absolute Gasteiger partial charge is 0.496 e. The Morgan fingerprint density at radius 3 is 2.94 bits per heavy atom. The minimum atomic E-state index is 0.268. The van der Waals surface area contributed by atoms with Gasteiger partial charge in [-0.1, -0.05) is 25.1 Å². The van der Waals surface area contributed by atoms with E-state index in [4.69, 9.17) is 10.5 Å². The average Bonchev–Trinajstić information content (AvgIpc) is 2.40. The van der Waals surface area contributed by atoms with Gasteiger partial charge in [-0.15, -0.1) is 0 Å². The third kappa shape index (κ3) is 2.99. The Hall–Kier alpha value is -0.710. The monoisotopic (exact) mass is 266 g/mol. The first kappa shape index (κ1) is 13.7. The van der Waals surface area contributed by atoms with Gasteiger partial charge in [-0.05, 0) is 6.07 Å². The summed E-state index contributed by atoms with van der Waals surface area (Å²) in [5, 5.41) is 0.683. The first-order valence-corrected chi connectivity index (χ1v) is 7.49. The van der Waals surface area contributed by atoms with Gasteiger partial charge in [-0.2, -0.15) is 11.8 Å². The van der Waals surface area contributed by atoms with Gasteiger partial charge in [0.25, 0.3) is 0 Å². The Bertz CT molecular complexity index is 386. The Balaban J connectivity index is 2.21. The van der Waals surface area contributed by atoms with Gasteiger partial charge < -0.3 is 10.5 Å². The smallest absolute Gasteiger partial charge is 0.123 e. The number of benzene rings is 1. The van der Waals surface area contributed by atoms with Crippen molar-refractivity contribution in [3.05, 3.63) is 29.8 Å². The topological polar surface area (TPSA) is 38.5 Å². The molecule has 0 radical (unpaired) electrons. The molecular weight excluding hydrogens is 244 g/mol. The molecule has 18 heavy (non-hydrogen) atoms. The van der Waals surface area contributed by atoms with Crippen LogP contribution in [0.2, 0.25) is 0 Å². The Kier molecular flexibility index (Phi) is 4.92. The number of nitrogens with two attached hydrogens (primary N) is 1. The highest BCUT2D eigenvalue weighted by atomic mass is 32.2. The molecule has 1 aromatic carbocycles. The van der Waals surface area contributed by atoms with Gasteiger partial charge in [0.1, 0.15) is 5.75 Å². The standard InChI is InChI=1S/C14H22N2OS/c1-11-10-16(7-8-18-11)13(9-15)12-5-3-4-6-14(12)17-2/h3-6,11,13H,7-10,15H2,1-2H3. The molecular formula is C14H22N2OS. The van der Waals surface area contributed by atoms with Gasteiger partial charge in [-0.25, -0.2) is 0 Å². The van der Waals surface area contributed by atoms with Crippen LogP contribution in [0.4, 0.5) is 0 Å². The predicted molar refractivity (Wildman–Crippen MR) is 78.3 cm³/mol. The third-order valence-corrected chi connectivity index (χ3v) is 4.57. The van der Waals surface area contributed by atoms with Crippen LogP contribution in [0.5, 0.6) is 5.75 Å². The zero-order valence-corrected chi connectivity index (χ0v) is 12.0. The normalized spacial score (nSPS) is 22.7. The molecule has 2 N–H and O–H groups in total. The summed E-state index contributed by atoms with van der Waals surface area (Å²) in [6, 6.07) is 8.47. The fourth-order valence-corrected chi connectivity index (χ4v) is 3.58. The molecule has 1 aliphatic rings. The van der Waals surface area contributed by atoms with Gasteiger partial charge in [0.2, 0.25) is 0 Å². The first-order valence-electron chi connectivity index (χ1n) is 6.45. The van der Waals surface area contributed by atoms with Crippen LogP contribution in [0, 0.1) is 0 Å². The van der Waals surface area contributed by atoms with E-state index in [1.165, 1.54) is 11.3 Å². The fourth-order valence-electron chi connectivity index (χ4n) is 2.54. The summed E-state index contributed by atoms with van der Waals surface area (Å²) in [6.07, 6.45) is 0. The molecule has 1 aromatic rings. The summed E-state index contributed by atoms with van der Waals surface area (Å²) in [6.45, 7) is 5.13. The van der Waals surface area contributed by atoms with Crippen molar-refractivity contribution in [1.82, 2.24) is 4.90 Å². The highest BCUT2D eigenvalue weighted by molar-refractivity contribution is 7.99. The van der Waals surface area contributed by atoms with Crippen molar-refractivity contribution in [3.63, 3.8) is 0 Å². The van der Waals surface area contributed by atoms with Gasteiger partial charge in [0.05, 0.1) is 13.2 Å². The van der Waals surface area contributed by atoms with Crippen LogP contribution in [-0.2, 0) is 0 Å². The molecule has 0 saturated carbocycles. The Labute approximate surface area is 114 Å². The molecule has 2 unspecified atom stereocenters. The SMILES string of the molecule is COc1ccccc1C(CN)N1CCSC(C)C1. The Morgan fingerprint density at radius 1 is 1.50 bits per heavy atom. The summed E-state index contributed by atoms with van der Waals surface area (Å²) < 4.78 is 5.46. The zero-order chi connectivity index (χ0) is 13.0. The number of hydrogen-bond acceptors (Lipinski definition) is 4. The van der Waals surface area contributed by atoms with E-state index < -0.39 is 0 Å². The molecule has 0 aromatic heterocycles. The van der Waals surface area contributed by atoms with Crippen molar-refractivity contribution < 1.29 is 4.74 Å². The van der Waals surface area contributed by atoms with E-state index in [-0.39, 0.29) is 6.04 Å². The van der Waals surface area contributed by atoms with E-state index in [2.05, 4.69) is 24.0 Å². The number of hydrogen-bond donors (Lipinski definition) is 1. The van der Waals surface area contributed by atoms with Crippen LogP contribution in [0.1, 0.15) is 18.5 Å². The molecule has 0 aliphatic carbocycles. The van der Waals surface area contributed by atoms with Crippen LogP contribution >= 0.6 is 11.8 Å². The molecule has 1 fully saturated rings. The van der Waals surface area contributed by atoms with Crippen LogP contribution in [-0.4, -0.2) is 42.6 Å². The van der Waals surface area contributed by atoms with Crippen molar-refractivity contribution in [2.45, 2.75) is 18.2 Å². The van der Waals surface area contributed by atoms with Crippen molar-refractivity contribution >= 4 is 11.8 Å². The second kappa shape index (κ2) is 6.45.